The number of hydrogen-bond acceptors (Lipinski definition) is 4. The summed E-state index contributed by atoms with van der Waals surface area (Å²) in [6.07, 6.45) is 3.57. The Labute approximate surface area is 194 Å². The minimum absolute atomic E-state index is 0. The van der Waals surface area contributed by atoms with E-state index in [4.69, 9.17) is 27.9 Å². The molecule has 2 aliphatic rings. The Morgan fingerprint density at radius 3 is 2.60 bits per heavy atom. The zero-order valence-electron chi connectivity index (χ0n) is 17.0. The number of nitrogens with zero attached hydrogens (tertiary/aromatic N) is 1. The molecule has 1 N–H and O–H groups in total. The Kier molecular flexibility index (Phi) is 7.70. The molecule has 162 valence electrons. The van der Waals surface area contributed by atoms with E-state index in [0.29, 0.717) is 23.0 Å². The van der Waals surface area contributed by atoms with Crippen LogP contribution in [0.25, 0.3) is 0 Å². The number of likely N-dealkylation sites (tertiary alicyclic amines) is 1. The molecule has 0 amide bonds. The number of benzene rings is 2. The van der Waals surface area contributed by atoms with Crippen LogP contribution >= 0.6 is 35.6 Å². The van der Waals surface area contributed by atoms with Gasteiger partial charge in [-0.2, -0.15) is 0 Å². The van der Waals surface area contributed by atoms with Gasteiger partial charge in [0.15, 0.2) is 5.78 Å². The Hall–Kier alpha value is -1.30. The molecule has 4 rings (SSSR count). The molecule has 1 atom stereocenters. The third kappa shape index (κ3) is 4.63. The Morgan fingerprint density at radius 2 is 1.90 bits per heavy atom. The van der Waals surface area contributed by atoms with Gasteiger partial charge in [-0.25, -0.2) is 0 Å². The maximum Gasteiger partial charge on any atom is 0.163 e. The van der Waals surface area contributed by atoms with Crippen LogP contribution in [0, 0.1) is 0 Å². The summed E-state index contributed by atoms with van der Waals surface area (Å²) < 4.78 is 5.49. The van der Waals surface area contributed by atoms with Crippen LogP contribution in [0.15, 0.2) is 36.4 Å². The van der Waals surface area contributed by atoms with Gasteiger partial charge in [-0.1, -0.05) is 35.3 Å². The van der Waals surface area contributed by atoms with Gasteiger partial charge in [0.1, 0.15) is 11.3 Å². The van der Waals surface area contributed by atoms with Gasteiger partial charge in [0.2, 0.25) is 0 Å². The van der Waals surface area contributed by atoms with E-state index < -0.39 is 5.54 Å². The van der Waals surface area contributed by atoms with Crippen molar-refractivity contribution in [3.63, 3.8) is 0 Å². The normalized spacial score (nSPS) is 21.0. The fourth-order valence-corrected chi connectivity index (χ4v) is 4.86. The summed E-state index contributed by atoms with van der Waals surface area (Å²) in [4.78, 5) is 16.2. The van der Waals surface area contributed by atoms with Gasteiger partial charge in [-0.3, -0.25) is 10.1 Å². The molecule has 1 fully saturated rings. The summed E-state index contributed by atoms with van der Waals surface area (Å²) in [6, 6.07) is 11.5. The molecule has 2 heterocycles. The van der Waals surface area contributed by atoms with Crippen molar-refractivity contribution in [3.8, 4) is 5.75 Å². The summed E-state index contributed by atoms with van der Waals surface area (Å²) in [7, 11) is 1.66. The fraction of sp³-hybridized carbons (Fsp3) is 0.435. The molecule has 2 aromatic carbocycles. The monoisotopic (exact) mass is 468 g/mol. The maximum atomic E-state index is 13.8. The third-order valence-electron chi connectivity index (χ3n) is 6.08. The summed E-state index contributed by atoms with van der Waals surface area (Å²) in [5.74, 6) is 0.928. The quantitative estimate of drug-likeness (QED) is 0.667. The summed E-state index contributed by atoms with van der Waals surface area (Å²) in [6.45, 7) is 3.51. The van der Waals surface area contributed by atoms with Crippen molar-refractivity contribution >= 4 is 41.4 Å². The molecule has 1 saturated heterocycles. The number of fused-ring (bicyclic) bond motifs is 1. The predicted molar refractivity (Wildman–Crippen MR) is 124 cm³/mol. The van der Waals surface area contributed by atoms with E-state index in [9.17, 15) is 4.79 Å². The minimum atomic E-state index is -0.751. The van der Waals surface area contributed by atoms with E-state index in [2.05, 4.69) is 16.3 Å². The average Bonchev–Trinajstić information content (AvgIpc) is 3.23. The minimum Gasteiger partial charge on any atom is -0.497 e. The number of carbonyl (C=O) groups is 1. The van der Waals surface area contributed by atoms with Crippen molar-refractivity contribution in [1.82, 2.24) is 10.2 Å². The summed E-state index contributed by atoms with van der Waals surface area (Å²) in [5, 5.41) is 4.58. The molecule has 2 aliphatic heterocycles. The molecule has 30 heavy (non-hydrogen) atoms. The second-order valence-electron chi connectivity index (χ2n) is 7.94. The lowest BCUT2D eigenvalue weighted by atomic mass is 9.77. The van der Waals surface area contributed by atoms with Gasteiger partial charge in [0.25, 0.3) is 0 Å². The van der Waals surface area contributed by atoms with E-state index in [1.54, 1.807) is 19.2 Å². The lowest BCUT2D eigenvalue weighted by molar-refractivity contribution is -0.126. The molecule has 0 bridgehead atoms. The first-order chi connectivity index (χ1) is 14.0. The summed E-state index contributed by atoms with van der Waals surface area (Å²) in [5.41, 5.74) is 2.38. The van der Waals surface area contributed by atoms with E-state index in [1.165, 1.54) is 18.4 Å². The van der Waals surface area contributed by atoms with Crippen LogP contribution < -0.4 is 10.1 Å². The Morgan fingerprint density at radius 1 is 1.13 bits per heavy atom. The van der Waals surface area contributed by atoms with E-state index in [0.717, 1.165) is 42.9 Å². The molecule has 0 radical (unpaired) electrons. The average molecular weight is 470 g/mol. The molecular formula is C23H27Cl3N2O2. The number of hydrogen-bond donors (Lipinski definition) is 1. The van der Waals surface area contributed by atoms with Crippen molar-refractivity contribution in [2.75, 3.05) is 33.3 Å². The highest BCUT2D eigenvalue weighted by Crippen LogP contribution is 2.35. The number of nitrogens with one attached hydrogen (secondary N) is 1. The smallest absolute Gasteiger partial charge is 0.163 e. The molecule has 0 spiro atoms. The van der Waals surface area contributed by atoms with Crippen LogP contribution in [0.4, 0.5) is 0 Å². The van der Waals surface area contributed by atoms with Gasteiger partial charge < -0.3 is 9.64 Å². The maximum absolute atomic E-state index is 13.8. The van der Waals surface area contributed by atoms with Crippen LogP contribution in [-0.4, -0.2) is 44.0 Å². The van der Waals surface area contributed by atoms with Crippen LogP contribution in [0.3, 0.4) is 0 Å². The highest BCUT2D eigenvalue weighted by Gasteiger charge is 2.44. The molecule has 0 aromatic heterocycles. The van der Waals surface area contributed by atoms with Crippen LogP contribution in [0.1, 0.15) is 29.5 Å². The number of halogens is 3. The topological polar surface area (TPSA) is 41.6 Å². The van der Waals surface area contributed by atoms with Crippen molar-refractivity contribution < 1.29 is 9.53 Å². The molecule has 7 heteroatoms. The van der Waals surface area contributed by atoms with Crippen LogP contribution in [0.2, 0.25) is 10.0 Å². The van der Waals surface area contributed by atoms with Crippen molar-refractivity contribution in [2.45, 2.75) is 31.2 Å². The number of Topliss-reactive ketones (excluding diaryl/α,β-unsaturated/α-hetero) is 1. The van der Waals surface area contributed by atoms with Gasteiger partial charge in [-0.05, 0) is 73.3 Å². The van der Waals surface area contributed by atoms with E-state index in [-0.39, 0.29) is 18.2 Å². The standard InChI is InChI=1S/C23H26Cl2N2O2.ClH/c1-29-18-6-5-17-8-9-26-23(19(17)14-18,15-27-10-2-3-11-27)22(28)13-16-4-7-20(24)21(25)12-16;/h4-7,12,14,26H,2-3,8-11,13,15H2,1H3;1H. The highest BCUT2D eigenvalue weighted by molar-refractivity contribution is 6.42. The predicted octanol–water partition coefficient (Wildman–Crippen LogP) is 4.67. The first kappa shape index (κ1) is 23.4. The second-order valence-corrected chi connectivity index (χ2v) is 8.75. The lowest BCUT2D eigenvalue weighted by Gasteiger charge is -2.41. The molecule has 0 aliphatic carbocycles. The van der Waals surface area contributed by atoms with E-state index >= 15 is 0 Å². The lowest BCUT2D eigenvalue weighted by Crippen LogP contribution is -2.59. The van der Waals surface area contributed by atoms with E-state index in [1.807, 2.05) is 18.2 Å². The highest BCUT2D eigenvalue weighted by atomic mass is 35.5. The van der Waals surface area contributed by atoms with Crippen LogP contribution in [-0.2, 0) is 23.2 Å². The number of methoxy groups -OCH3 is 1. The SMILES string of the molecule is COc1ccc2c(c1)C(CN1CCCC1)(C(=O)Cc1ccc(Cl)c(Cl)c1)NCC2.Cl. The van der Waals surface area contributed by atoms with Gasteiger partial charge in [-0.15, -0.1) is 12.4 Å². The summed E-state index contributed by atoms with van der Waals surface area (Å²) >= 11 is 12.2. The molecule has 2 aromatic rings. The van der Waals surface area contributed by atoms with Gasteiger partial charge in [0, 0.05) is 19.5 Å². The number of rotatable bonds is 6. The van der Waals surface area contributed by atoms with Crippen molar-refractivity contribution in [2.24, 2.45) is 0 Å². The molecule has 4 nitrogen and oxygen atoms in total. The molecule has 0 saturated carbocycles. The first-order valence-electron chi connectivity index (χ1n) is 10.1. The zero-order chi connectivity index (χ0) is 20.4. The van der Waals surface area contributed by atoms with Gasteiger partial charge in [0.05, 0.1) is 17.2 Å². The van der Waals surface area contributed by atoms with Gasteiger partial charge >= 0.3 is 0 Å². The number of ketones is 1. The largest absolute Gasteiger partial charge is 0.497 e. The fourth-order valence-electron chi connectivity index (χ4n) is 4.54. The zero-order valence-corrected chi connectivity index (χ0v) is 19.4. The first-order valence-corrected chi connectivity index (χ1v) is 10.9. The third-order valence-corrected chi connectivity index (χ3v) is 6.82. The Bertz CT molecular complexity index is 915. The molecular weight excluding hydrogens is 443 g/mol. The van der Waals surface area contributed by atoms with Crippen molar-refractivity contribution in [1.29, 1.82) is 0 Å². The van der Waals surface area contributed by atoms with Crippen LogP contribution in [0.5, 0.6) is 5.75 Å². The number of ether oxygens (including phenoxy) is 1. The van der Waals surface area contributed by atoms with Crippen molar-refractivity contribution in [3.05, 3.63) is 63.1 Å². The Balaban J connectivity index is 0.00000256. The number of carbonyl (C=O) groups excluding carboxylic acids is 1. The molecule has 1 unspecified atom stereocenters. The second kappa shape index (κ2) is 9.88.